The number of hydrogen-bond donors (Lipinski definition) is 3. The topological polar surface area (TPSA) is 77.8 Å². The Kier molecular flexibility index (Phi) is 5.20. The van der Waals surface area contributed by atoms with Crippen LogP contribution in [0.3, 0.4) is 0 Å². The summed E-state index contributed by atoms with van der Waals surface area (Å²) < 4.78 is 0. The zero-order valence-corrected chi connectivity index (χ0v) is 22.6. The van der Waals surface area contributed by atoms with Gasteiger partial charge in [-0.15, -0.1) is 0 Å². The number of fused-ring (bicyclic) bond motifs is 7. The van der Waals surface area contributed by atoms with Crippen molar-refractivity contribution < 1.29 is 20.1 Å². The van der Waals surface area contributed by atoms with Crippen LogP contribution in [0.15, 0.2) is 11.6 Å². The second-order valence-electron chi connectivity index (χ2n) is 15.2. The third-order valence-electron chi connectivity index (χ3n) is 13.0. The minimum absolute atomic E-state index is 0.00785. The molecule has 0 amide bonds. The van der Waals surface area contributed by atoms with Crippen LogP contribution in [-0.2, 0) is 4.79 Å². The third-order valence-corrected chi connectivity index (χ3v) is 13.0. The Hall–Kier alpha value is -0.870. The minimum Gasteiger partial charge on any atom is -0.481 e. The van der Waals surface area contributed by atoms with Crippen LogP contribution in [0.5, 0.6) is 0 Å². The first-order chi connectivity index (χ1) is 15.6. The first-order valence-electron chi connectivity index (χ1n) is 13.9. The van der Waals surface area contributed by atoms with Crippen LogP contribution in [0.4, 0.5) is 0 Å². The van der Waals surface area contributed by atoms with Crippen molar-refractivity contribution in [1.82, 2.24) is 0 Å². The summed E-state index contributed by atoms with van der Waals surface area (Å²) in [6.07, 6.45) is 9.45. The van der Waals surface area contributed by atoms with E-state index in [0.29, 0.717) is 18.3 Å². The number of carbonyl (C=O) groups is 1. The Morgan fingerprint density at radius 1 is 0.882 bits per heavy atom. The summed E-state index contributed by atoms with van der Waals surface area (Å²) in [5.41, 5.74) is 0.754. The maximum Gasteiger partial charge on any atom is 0.310 e. The standard InChI is InChI=1S/C30H48O4/c1-25(2)12-14-30(24(33)34)15-13-28(6)18(19(30)16-25)8-9-22-27(5)17-20(31)23(32)26(3,4)21(27)10-11-29(22,28)7/h8,19-23,31-32H,9-17H2,1-7H3,(H,33,34)/t19-,20+,21+,22+,23+,27-,28+,29+,30-/m0/s1. The van der Waals surface area contributed by atoms with Gasteiger partial charge in [-0.2, -0.15) is 0 Å². The average molecular weight is 473 g/mol. The first-order valence-corrected chi connectivity index (χ1v) is 13.9. The summed E-state index contributed by atoms with van der Waals surface area (Å²) in [5.74, 6) is 0.365. The zero-order chi connectivity index (χ0) is 25.1. The third kappa shape index (κ3) is 2.88. The van der Waals surface area contributed by atoms with Gasteiger partial charge in [0.1, 0.15) is 0 Å². The smallest absolute Gasteiger partial charge is 0.310 e. The normalized spacial score (nSPS) is 53.4. The zero-order valence-electron chi connectivity index (χ0n) is 22.6. The predicted molar refractivity (Wildman–Crippen MR) is 134 cm³/mol. The van der Waals surface area contributed by atoms with E-state index in [1.165, 1.54) is 5.57 Å². The lowest BCUT2D eigenvalue weighted by Gasteiger charge is -2.71. The highest BCUT2D eigenvalue weighted by Gasteiger charge is 2.70. The molecule has 0 aromatic rings. The fourth-order valence-corrected chi connectivity index (χ4v) is 10.8. The number of carboxylic acid groups (broad SMARTS) is 1. The summed E-state index contributed by atoms with van der Waals surface area (Å²) in [6.45, 7) is 16.3. The summed E-state index contributed by atoms with van der Waals surface area (Å²) in [7, 11) is 0. The van der Waals surface area contributed by atoms with Crippen molar-refractivity contribution in [3.8, 4) is 0 Å². The molecule has 4 nitrogen and oxygen atoms in total. The van der Waals surface area contributed by atoms with Crippen molar-refractivity contribution in [3.05, 3.63) is 11.6 Å². The van der Waals surface area contributed by atoms with Gasteiger partial charge in [-0.1, -0.05) is 60.1 Å². The second-order valence-corrected chi connectivity index (χ2v) is 15.2. The average Bonchev–Trinajstić information content (AvgIpc) is 2.72. The molecule has 5 aliphatic rings. The Bertz CT molecular complexity index is 919. The Balaban J connectivity index is 1.61. The van der Waals surface area contributed by atoms with E-state index < -0.39 is 23.6 Å². The van der Waals surface area contributed by atoms with Gasteiger partial charge < -0.3 is 15.3 Å². The lowest BCUT2D eigenvalue weighted by molar-refractivity contribution is -0.231. The molecule has 0 radical (unpaired) electrons. The molecule has 5 aliphatic carbocycles. The number of allylic oxidation sites excluding steroid dienone is 2. The number of hydrogen-bond acceptors (Lipinski definition) is 3. The SMILES string of the molecule is CC1(C)CC[C@]2(C(=O)O)CC[C@]3(C)C(=CC[C@@H]4[C@@]5(C)C[C@@H](O)[C@@H](O)C(C)(C)[C@H]5CC[C@]43C)[C@@H]2C1. The van der Waals surface area contributed by atoms with Crippen LogP contribution in [0.2, 0.25) is 0 Å². The van der Waals surface area contributed by atoms with E-state index in [1.807, 2.05) is 0 Å². The van der Waals surface area contributed by atoms with Crippen LogP contribution in [-0.4, -0.2) is 33.5 Å². The molecule has 0 aromatic heterocycles. The summed E-state index contributed by atoms with van der Waals surface area (Å²) in [5, 5.41) is 32.4. The van der Waals surface area contributed by atoms with E-state index in [-0.39, 0.29) is 33.0 Å². The van der Waals surface area contributed by atoms with Gasteiger partial charge >= 0.3 is 5.97 Å². The highest BCUT2D eigenvalue weighted by molar-refractivity contribution is 5.76. The molecule has 0 spiro atoms. The van der Waals surface area contributed by atoms with Gasteiger partial charge in [0.05, 0.1) is 17.6 Å². The van der Waals surface area contributed by atoms with Gasteiger partial charge in [0.25, 0.3) is 0 Å². The second kappa shape index (κ2) is 7.12. The Morgan fingerprint density at radius 2 is 1.53 bits per heavy atom. The number of rotatable bonds is 1. The number of aliphatic hydroxyl groups is 2. The van der Waals surface area contributed by atoms with Crippen LogP contribution in [0.1, 0.15) is 106 Å². The predicted octanol–water partition coefficient (Wildman–Crippen LogP) is 6.20. The van der Waals surface area contributed by atoms with Crippen molar-refractivity contribution in [1.29, 1.82) is 0 Å². The molecule has 3 N–H and O–H groups in total. The van der Waals surface area contributed by atoms with Crippen molar-refractivity contribution in [2.24, 2.45) is 50.2 Å². The van der Waals surface area contributed by atoms with Crippen LogP contribution < -0.4 is 0 Å². The largest absolute Gasteiger partial charge is 0.481 e. The molecule has 0 saturated heterocycles. The van der Waals surface area contributed by atoms with Gasteiger partial charge in [0.2, 0.25) is 0 Å². The Labute approximate surface area is 206 Å². The summed E-state index contributed by atoms with van der Waals surface area (Å²) >= 11 is 0. The number of aliphatic carboxylic acids is 1. The lowest BCUT2D eigenvalue weighted by atomic mass is 9.33. The fraction of sp³-hybridized carbons (Fsp3) is 0.900. The molecule has 4 saturated carbocycles. The molecule has 0 heterocycles. The van der Waals surface area contributed by atoms with Gasteiger partial charge in [-0.05, 0) is 103 Å². The molecular weight excluding hydrogens is 424 g/mol. The van der Waals surface area contributed by atoms with E-state index in [4.69, 9.17) is 0 Å². The molecule has 0 aromatic carbocycles. The highest BCUT2D eigenvalue weighted by Crippen LogP contribution is 2.75. The summed E-state index contributed by atoms with van der Waals surface area (Å²) in [4.78, 5) is 12.8. The molecule has 0 bridgehead atoms. The van der Waals surface area contributed by atoms with Crippen molar-refractivity contribution in [2.75, 3.05) is 0 Å². The monoisotopic (exact) mass is 472 g/mol. The van der Waals surface area contributed by atoms with Crippen LogP contribution >= 0.6 is 0 Å². The lowest BCUT2D eigenvalue weighted by Crippen LogP contribution is -2.67. The van der Waals surface area contributed by atoms with E-state index in [9.17, 15) is 20.1 Å². The van der Waals surface area contributed by atoms with E-state index >= 15 is 0 Å². The van der Waals surface area contributed by atoms with E-state index in [0.717, 1.165) is 51.4 Å². The molecule has 9 atom stereocenters. The molecule has 4 heteroatoms. The highest BCUT2D eigenvalue weighted by atomic mass is 16.4. The maximum atomic E-state index is 12.8. The van der Waals surface area contributed by atoms with E-state index in [2.05, 4.69) is 54.5 Å². The van der Waals surface area contributed by atoms with Crippen molar-refractivity contribution in [2.45, 2.75) is 118 Å². The maximum absolute atomic E-state index is 12.8. The van der Waals surface area contributed by atoms with Crippen molar-refractivity contribution in [3.63, 3.8) is 0 Å². The molecule has 34 heavy (non-hydrogen) atoms. The molecule has 192 valence electrons. The molecule has 0 unspecified atom stereocenters. The van der Waals surface area contributed by atoms with Gasteiger partial charge in [0.15, 0.2) is 0 Å². The molecule has 5 rings (SSSR count). The fourth-order valence-electron chi connectivity index (χ4n) is 10.8. The Morgan fingerprint density at radius 3 is 2.18 bits per heavy atom. The van der Waals surface area contributed by atoms with E-state index in [1.54, 1.807) is 0 Å². The van der Waals surface area contributed by atoms with Gasteiger partial charge in [0, 0.05) is 0 Å². The van der Waals surface area contributed by atoms with Crippen molar-refractivity contribution >= 4 is 5.97 Å². The number of aliphatic hydroxyl groups excluding tert-OH is 2. The summed E-state index contributed by atoms with van der Waals surface area (Å²) in [6, 6.07) is 0. The number of carboxylic acids is 1. The van der Waals surface area contributed by atoms with Crippen LogP contribution in [0, 0.1) is 50.2 Å². The quantitative estimate of drug-likeness (QED) is 0.397. The molecule has 0 aliphatic heterocycles. The van der Waals surface area contributed by atoms with Gasteiger partial charge in [-0.25, -0.2) is 0 Å². The molecule has 4 fully saturated rings. The minimum atomic E-state index is -0.679. The van der Waals surface area contributed by atoms with Crippen LogP contribution in [0.25, 0.3) is 0 Å². The molecular formula is C30H48O4. The van der Waals surface area contributed by atoms with Gasteiger partial charge in [-0.3, -0.25) is 4.79 Å². The first kappa shape index (κ1) is 24.8.